The zero-order valence-corrected chi connectivity index (χ0v) is 33.3. The summed E-state index contributed by atoms with van der Waals surface area (Å²) in [4.78, 5) is 14.1. The minimum absolute atomic E-state index is 0. The van der Waals surface area contributed by atoms with Gasteiger partial charge in [-0.2, -0.15) is 11.3 Å². The average molecular weight is 882 g/mol. The van der Waals surface area contributed by atoms with Crippen LogP contribution in [0.4, 0.5) is 0 Å². The van der Waals surface area contributed by atoms with E-state index in [1.54, 1.807) is 17.5 Å². The van der Waals surface area contributed by atoms with Gasteiger partial charge in [-0.3, -0.25) is 4.98 Å². The van der Waals surface area contributed by atoms with Crippen LogP contribution in [0, 0.1) is 19.1 Å². The van der Waals surface area contributed by atoms with Gasteiger partial charge >= 0.3 is 99.8 Å². The van der Waals surface area contributed by atoms with Gasteiger partial charge in [-0.05, 0) is 52.2 Å². The Morgan fingerprint density at radius 1 is 0.750 bits per heavy atom. The fourth-order valence-electron chi connectivity index (χ4n) is 5.99. The Bertz CT molecular complexity index is 2430. The van der Waals surface area contributed by atoms with Gasteiger partial charge in [0.1, 0.15) is 0 Å². The summed E-state index contributed by atoms with van der Waals surface area (Å²) in [7, 11) is 0. The van der Waals surface area contributed by atoms with Crippen molar-refractivity contribution in [3.05, 3.63) is 133 Å². The number of rotatable bonds is 4. The van der Waals surface area contributed by atoms with E-state index in [0.717, 1.165) is 39.3 Å². The van der Waals surface area contributed by atoms with Gasteiger partial charge in [-0.25, -0.2) is 0 Å². The van der Waals surface area contributed by atoms with Gasteiger partial charge in [0.2, 0.25) is 0 Å². The number of aromatic nitrogens is 3. The molecule has 241 valence electrons. The van der Waals surface area contributed by atoms with Crippen molar-refractivity contribution in [2.75, 3.05) is 0 Å². The second-order valence-electron chi connectivity index (χ2n) is 13.2. The van der Waals surface area contributed by atoms with E-state index < -0.39 is 19.2 Å². The van der Waals surface area contributed by atoms with Crippen LogP contribution in [0.2, 0.25) is 17.3 Å². The molecule has 6 heteroatoms. The summed E-state index contributed by atoms with van der Waals surface area (Å²) in [6.45, 7) is 5.86. The minimum Gasteiger partial charge on any atom is 0 e. The topological polar surface area (TPSA) is 38.7 Å². The first-order valence-electron chi connectivity index (χ1n) is 16.4. The van der Waals surface area contributed by atoms with E-state index in [1.807, 2.05) is 69.4 Å². The van der Waals surface area contributed by atoms with Crippen LogP contribution in [0.15, 0.2) is 109 Å². The van der Waals surface area contributed by atoms with Gasteiger partial charge < -0.3 is 4.98 Å². The fourth-order valence-corrected chi connectivity index (χ4v) is 9.51. The Kier molecular flexibility index (Phi) is 9.57. The van der Waals surface area contributed by atoms with Crippen molar-refractivity contribution < 1.29 is 21.5 Å². The molecule has 0 bridgehead atoms. The fraction of sp³-hybridized carbons (Fsp3) is 0.167. The molecule has 0 amide bonds. The number of benzene rings is 4. The van der Waals surface area contributed by atoms with Crippen LogP contribution in [0.25, 0.3) is 64.4 Å². The second-order valence-corrected chi connectivity index (χ2v) is 24.9. The van der Waals surface area contributed by atoms with Gasteiger partial charge in [0.05, 0.1) is 5.52 Å². The largest absolute Gasteiger partial charge is 0 e. The molecule has 0 unspecified atom stereocenters. The minimum atomic E-state index is -1.72. The third kappa shape index (κ3) is 6.62. The molecular formula is C42H37GeIrN3S-2. The van der Waals surface area contributed by atoms with E-state index >= 15 is 0 Å². The molecule has 1 radical (unpaired) electrons. The van der Waals surface area contributed by atoms with Crippen LogP contribution in [0.5, 0.6) is 0 Å². The molecule has 0 aliphatic heterocycles. The quantitative estimate of drug-likeness (QED) is 0.100. The second kappa shape index (κ2) is 14.0. The molecule has 8 aromatic rings. The Balaban J connectivity index is 0.000000208. The molecule has 48 heavy (non-hydrogen) atoms. The molecule has 0 spiro atoms. The van der Waals surface area contributed by atoms with Crippen molar-refractivity contribution in [3.8, 4) is 22.5 Å². The van der Waals surface area contributed by atoms with Crippen LogP contribution in [0.3, 0.4) is 0 Å². The summed E-state index contributed by atoms with van der Waals surface area (Å²) in [5.74, 6) is 6.46. The van der Waals surface area contributed by atoms with E-state index in [0.29, 0.717) is 0 Å². The maximum absolute atomic E-state index is 8.44. The van der Waals surface area contributed by atoms with Crippen molar-refractivity contribution in [3.63, 3.8) is 0 Å². The molecule has 0 atom stereocenters. The Hall–Kier alpha value is -3.74. The number of fused-ring (bicyclic) bond motifs is 8. The summed E-state index contributed by atoms with van der Waals surface area (Å²) in [6, 6.07) is 39.9. The summed E-state index contributed by atoms with van der Waals surface area (Å²) >= 11 is 0.0726. The van der Waals surface area contributed by atoms with E-state index in [4.69, 9.17) is 6.35 Å². The van der Waals surface area contributed by atoms with Crippen molar-refractivity contribution in [1.82, 2.24) is 15.0 Å². The summed E-state index contributed by atoms with van der Waals surface area (Å²) in [6.07, 6.45) is 3.84. The van der Waals surface area contributed by atoms with Crippen LogP contribution < -0.4 is 4.40 Å². The van der Waals surface area contributed by atoms with Gasteiger partial charge in [0.25, 0.3) is 0 Å². The maximum Gasteiger partial charge on any atom is 0 e. The van der Waals surface area contributed by atoms with E-state index in [-0.39, 0.29) is 20.1 Å². The van der Waals surface area contributed by atoms with Crippen LogP contribution in [-0.4, -0.2) is 28.2 Å². The number of thiophene rings is 1. The van der Waals surface area contributed by atoms with Crippen molar-refractivity contribution >= 4 is 70.8 Å². The monoisotopic (exact) mass is 883 g/mol. The zero-order chi connectivity index (χ0) is 33.6. The molecule has 0 saturated heterocycles. The molecule has 4 heterocycles. The molecule has 4 aromatic heterocycles. The van der Waals surface area contributed by atoms with Gasteiger partial charge in [0.15, 0.2) is 0 Å². The molecular weight excluding hydrogens is 843 g/mol. The maximum atomic E-state index is 8.44. The van der Waals surface area contributed by atoms with Crippen molar-refractivity contribution in [2.45, 2.75) is 43.9 Å². The normalized spacial score (nSPS) is 12.1. The van der Waals surface area contributed by atoms with Crippen LogP contribution >= 0.6 is 11.3 Å². The predicted molar refractivity (Wildman–Crippen MR) is 205 cm³/mol. The standard InChI is InChI=1S/C28H21N2S.C14H16GeN.Ir/c1-16(2)18-13-14-29-24(15-18)21-9-6-10-22-25-19-7-4-5-8-20(19)26-23(12-11-17(3)30-26)28(25)31-27(21)22;1-15(2,3)13-9-10-14(16-11-13)12-7-5-4-6-8-12;/h4-8,10-16H,1-3H3;4-7,9-11H,1-3H3;/q2*-1;/i16D;;. The first kappa shape index (κ1) is 32.8. The molecule has 0 fully saturated rings. The number of aryl methyl sites for hydroxylation is 1. The average Bonchev–Trinajstić information content (AvgIpc) is 3.49. The van der Waals surface area contributed by atoms with E-state index in [9.17, 15) is 0 Å². The molecule has 4 aromatic carbocycles. The van der Waals surface area contributed by atoms with Gasteiger partial charge in [-0.15, -0.1) is 23.8 Å². The summed E-state index contributed by atoms with van der Waals surface area (Å²) in [5, 5.41) is 6.08. The Morgan fingerprint density at radius 3 is 2.25 bits per heavy atom. The van der Waals surface area contributed by atoms with Gasteiger partial charge in [-0.1, -0.05) is 55.1 Å². The zero-order valence-electron chi connectivity index (χ0n) is 29.0. The molecule has 0 aliphatic carbocycles. The molecule has 8 rings (SSSR count). The summed E-state index contributed by atoms with van der Waals surface area (Å²) < 4.78 is 12.3. The smallest absolute Gasteiger partial charge is 0 e. The predicted octanol–water partition coefficient (Wildman–Crippen LogP) is 11.1. The number of nitrogens with zero attached hydrogens (tertiary/aromatic N) is 3. The summed E-state index contributed by atoms with van der Waals surface area (Å²) in [5.41, 5.74) is 6.96. The van der Waals surface area contributed by atoms with Crippen LogP contribution in [-0.2, 0) is 20.1 Å². The molecule has 0 N–H and O–H groups in total. The van der Waals surface area contributed by atoms with Crippen LogP contribution in [0.1, 0.15) is 32.4 Å². The number of pyridine rings is 3. The molecule has 0 aliphatic rings. The number of hydrogen-bond donors (Lipinski definition) is 0. The van der Waals surface area contributed by atoms with Gasteiger partial charge in [0, 0.05) is 48.8 Å². The molecule has 3 nitrogen and oxygen atoms in total. The Labute approximate surface area is 304 Å². The van der Waals surface area contributed by atoms with Crippen molar-refractivity contribution in [2.24, 2.45) is 0 Å². The Morgan fingerprint density at radius 2 is 1.54 bits per heavy atom. The SMILES string of the molecule is [2H]C(C)(C)c1ccnc(-c2[c-]ccc3c2sc2c4ccc(C)nc4c4ccccc4c32)c1.[CH3][Ge]([CH3])([CH3])[c]1ccc(-c2[c-]cccc2)nc1.[Ir]. The number of hydrogen-bond acceptors (Lipinski definition) is 4. The first-order chi connectivity index (χ1) is 23.0. The first-order valence-corrected chi connectivity index (χ1v) is 24.1. The van der Waals surface area contributed by atoms with E-state index in [1.165, 1.54) is 40.7 Å². The van der Waals surface area contributed by atoms with Crippen molar-refractivity contribution in [1.29, 1.82) is 0 Å². The van der Waals surface area contributed by atoms with E-state index in [2.05, 4.69) is 94.0 Å². The third-order valence-corrected chi connectivity index (χ3v) is 14.1. The molecule has 0 saturated carbocycles. The third-order valence-electron chi connectivity index (χ3n) is 8.59.